The zero-order chi connectivity index (χ0) is 51.3. The summed E-state index contributed by atoms with van der Waals surface area (Å²) < 4.78 is 17.1. The van der Waals surface area contributed by atoms with Gasteiger partial charge in [-0.05, 0) is 122 Å². The highest BCUT2D eigenvalue weighted by Gasteiger charge is 2.31. The number of nitrogens with one attached hydrogen (secondary N) is 1. The fourth-order valence-corrected chi connectivity index (χ4v) is 8.37. The maximum Gasteiger partial charge on any atom is 0.408 e. The van der Waals surface area contributed by atoms with Gasteiger partial charge in [0, 0.05) is 77.1 Å². The largest absolute Gasteiger partial charge is 0.494 e. The molecule has 0 radical (unpaired) electrons. The first-order valence-corrected chi connectivity index (χ1v) is 24.7. The molecule has 4 heterocycles. The third-order valence-corrected chi connectivity index (χ3v) is 11.7. The third-order valence-electron chi connectivity index (χ3n) is 11.7. The molecule has 0 bridgehead atoms. The smallest absolute Gasteiger partial charge is 0.408 e. The van der Waals surface area contributed by atoms with Crippen LogP contribution in [0.3, 0.4) is 0 Å². The van der Waals surface area contributed by atoms with Gasteiger partial charge < -0.3 is 24.4 Å². The average molecular weight is 983 g/mol. The van der Waals surface area contributed by atoms with Gasteiger partial charge in [-0.1, -0.05) is 84.9 Å². The fourth-order valence-electron chi connectivity index (χ4n) is 8.37. The molecule has 0 aliphatic heterocycles. The van der Waals surface area contributed by atoms with Crippen LogP contribution in [0.2, 0.25) is 0 Å². The molecule has 1 N–H and O–H groups in total. The van der Waals surface area contributed by atoms with E-state index in [0.717, 1.165) is 56.3 Å². The van der Waals surface area contributed by atoms with E-state index in [0.29, 0.717) is 65.3 Å². The highest BCUT2D eigenvalue weighted by molar-refractivity contribution is 5.89. The van der Waals surface area contributed by atoms with Crippen molar-refractivity contribution in [3.8, 4) is 16.9 Å². The summed E-state index contributed by atoms with van der Waals surface area (Å²) in [6.07, 6.45) is 7.29. The number of hydrogen-bond donors (Lipinski definition) is 1. The van der Waals surface area contributed by atoms with E-state index in [4.69, 9.17) is 14.2 Å². The van der Waals surface area contributed by atoms with Crippen LogP contribution in [0.15, 0.2) is 170 Å². The van der Waals surface area contributed by atoms with Crippen molar-refractivity contribution in [1.82, 2.24) is 40.0 Å². The van der Waals surface area contributed by atoms with Crippen LogP contribution >= 0.6 is 0 Å². The Kier molecular flexibility index (Phi) is 19.7. The first-order chi connectivity index (χ1) is 35.4. The molecule has 73 heavy (non-hydrogen) atoms. The number of nitrogens with zero attached hydrogens (tertiary/aromatic N) is 7. The number of carbonyl (C=O) groups excluding carboxylic acids is 3. The lowest BCUT2D eigenvalue weighted by molar-refractivity contribution is -0.145. The van der Waals surface area contributed by atoms with Crippen LogP contribution in [0.5, 0.6) is 5.75 Å². The lowest BCUT2D eigenvalue weighted by Gasteiger charge is -2.29. The molecule has 0 saturated heterocycles. The van der Waals surface area contributed by atoms with Gasteiger partial charge in [0.15, 0.2) is 0 Å². The van der Waals surface area contributed by atoms with Gasteiger partial charge in [-0.25, -0.2) is 4.79 Å². The summed E-state index contributed by atoms with van der Waals surface area (Å²) >= 11 is 0. The Bertz CT molecular complexity index is 2580. The van der Waals surface area contributed by atoms with Crippen LogP contribution in [0.4, 0.5) is 4.79 Å². The summed E-state index contributed by atoms with van der Waals surface area (Å²) in [6.45, 7) is 9.81. The van der Waals surface area contributed by atoms with Crippen molar-refractivity contribution in [1.29, 1.82) is 0 Å². The van der Waals surface area contributed by atoms with Crippen molar-refractivity contribution < 1.29 is 28.6 Å². The fraction of sp³-hybridized carbons (Fsp3) is 0.305. The quantitative estimate of drug-likeness (QED) is 0.0429. The van der Waals surface area contributed by atoms with E-state index in [1.807, 2.05) is 152 Å². The normalized spacial score (nSPS) is 11.8. The van der Waals surface area contributed by atoms with Crippen LogP contribution in [0.25, 0.3) is 11.1 Å². The molecule has 14 heteroatoms. The van der Waals surface area contributed by atoms with Crippen LogP contribution in [-0.4, -0.2) is 84.5 Å². The van der Waals surface area contributed by atoms with E-state index >= 15 is 0 Å². The van der Waals surface area contributed by atoms with Crippen molar-refractivity contribution in [2.24, 2.45) is 0 Å². The molecule has 1 atom stereocenters. The Labute approximate surface area is 429 Å². The van der Waals surface area contributed by atoms with Crippen molar-refractivity contribution in [3.63, 3.8) is 0 Å². The van der Waals surface area contributed by atoms with Gasteiger partial charge in [-0.2, -0.15) is 0 Å². The van der Waals surface area contributed by atoms with E-state index in [1.165, 1.54) is 7.11 Å². The van der Waals surface area contributed by atoms with E-state index < -0.39 is 29.6 Å². The van der Waals surface area contributed by atoms with Gasteiger partial charge in [0.25, 0.3) is 0 Å². The van der Waals surface area contributed by atoms with Crippen LogP contribution in [0.1, 0.15) is 79.5 Å². The number of benzene rings is 3. The molecule has 378 valence electrons. The number of alkyl carbamates (subject to hydrolysis) is 1. The third kappa shape index (κ3) is 18.1. The number of methoxy groups -OCH3 is 1. The Balaban J connectivity index is 1.11. The molecule has 0 spiro atoms. The molecule has 7 rings (SSSR count). The van der Waals surface area contributed by atoms with Gasteiger partial charge >= 0.3 is 12.1 Å². The minimum absolute atomic E-state index is 0.245. The first-order valence-electron chi connectivity index (χ1n) is 24.7. The molecule has 7 aromatic rings. The van der Waals surface area contributed by atoms with E-state index in [-0.39, 0.29) is 13.0 Å². The van der Waals surface area contributed by atoms with Crippen molar-refractivity contribution >= 4 is 18.0 Å². The summed E-state index contributed by atoms with van der Waals surface area (Å²) in [7, 11) is 1.25. The summed E-state index contributed by atoms with van der Waals surface area (Å²) in [6, 6.07) is 47.2. The molecular formula is C59H66N8O6. The summed E-state index contributed by atoms with van der Waals surface area (Å²) in [5.41, 5.74) is 8.16. The minimum Gasteiger partial charge on any atom is -0.494 e. The molecule has 4 aromatic heterocycles. The standard InChI is InChI=1S/C59H66N8O6/c1-59(2,3)73-58(70)64-55(37-56(68)71-4)57(69)67(40-45-24-26-49(27-25-45)48-18-6-5-7-19-48)32-16-17-33-72-54-35-46(38-65(41-50-20-8-12-28-60-50)42-51-21-9-13-29-61-51)34-47(36-54)39-66(43-52-22-10-14-30-62-52)44-53-23-11-15-31-63-53/h5-15,18-31,34-36,55H,16-17,32-33,37-44H2,1-4H3,(H,64,70). The highest BCUT2D eigenvalue weighted by Crippen LogP contribution is 2.25. The van der Waals surface area contributed by atoms with E-state index in [9.17, 15) is 14.4 Å². The average Bonchev–Trinajstić information content (AvgIpc) is 3.39. The number of hydrogen-bond acceptors (Lipinski definition) is 12. The summed E-state index contributed by atoms with van der Waals surface area (Å²) in [5.74, 6) is -0.335. The molecule has 0 saturated carbocycles. The topological polar surface area (TPSA) is 152 Å². The van der Waals surface area contributed by atoms with Crippen LogP contribution in [0, 0.1) is 0 Å². The van der Waals surface area contributed by atoms with Crippen molar-refractivity contribution in [2.45, 2.75) is 97.5 Å². The number of aromatic nitrogens is 4. The second-order valence-corrected chi connectivity index (χ2v) is 18.9. The van der Waals surface area contributed by atoms with Crippen molar-refractivity contribution in [2.75, 3.05) is 20.3 Å². The lowest BCUT2D eigenvalue weighted by Crippen LogP contribution is -2.50. The predicted molar refractivity (Wildman–Crippen MR) is 281 cm³/mol. The highest BCUT2D eigenvalue weighted by atomic mass is 16.6. The summed E-state index contributed by atoms with van der Waals surface area (Å²) in [5, 5.41) is 2.65. The number of amides is 2. The first kappa shape index (κ1) is 53.0. The molecule has 0 fully saturated rings. The maximum atomic E-state index is 14.5. The zero-order valence-electron chi connectivity index (χ0n) is 42.3. The number of rotatable bonds is 25. The Morgan fingerprint density at radius 2 is 1.03 bits per heavy atom. The monoisotopic (exact) mass is 983 g/mol. The second kappa shape index (κ2) is 27.1. The SMILES string of the molecule is COC(=O)CC(NC(=O)OC(C)(C)C)C(=O)N(CCCCOc1cc(CN(Cc2ccccn2)Cc2ccccn2)cc(CN(Cc2ccccn2)Cc2ccccn2)c1)Cc1ccc(-c2ccccc2)cc1. The number of unbranched alkanes of at least 4 members (excludes halogenated alkanes) is 1. The van der Waals surface area contributed by atoms with Crippen molar-refractivity contribution in [3.05, 3.63) is 210 Å². The minimum atomic E-state index is -1.21. The lowest BCUT2D eigenvalue weighted by atomic mass is 10.0. The number of esters is 1. The molecule has 2 amide bonds. The van der Waals surface area contributed by atoms with Crippen LogP contribution in [-0.2, 0) is 64.9 Å². The molecule has 0 aliphatic carbocycles. The molecular weight excluding hydrogens is 917 g/mol. The predicted octanol–water partition coefficient (Wildman–Crippen LogP) is 9.98. The van der Waals surface area contributed by atoms with Gasteiger partial charge in [-0.3, -0.25) is 39.3 Å². The Morgan fingerprint density at radius 1 is 0.548 bits per heavy atom. The number of pyridine rings is 4. The Morgan fingerprint density at radius 3 is 1.48 bits per heavy atom. The molecule has 14 nitrogen and oxygen atoms in total. The summed E-state index contributed by atoms with van der Waals surface area (Å²) in [4.78, 5) is 65.1. The zero-order valence-corrected chi connectivity index (χ0v) is 42.3. The maximum absolute atomic E-state index is 14.5. The second-order valence-electron chi connectivity index (χ2n) is 18.9. The van der Waals surface area contributed by atoms with E-state index in [2.05, 4.69) is 53.3 Å². The van der Waals surface area contributed by atoms with Gasteiger partial charge in [-0.15, -0.1) is 0 Å². The Hall–Kier alpha value is -7.81. The van der Waals surface area contributed by atoms with Gasteiger partial charge in [0.1, 0.15) is 17.4 Å². The number of carbonyl (C=O) groups is 3. The molecule has 1 unspecified atom stereocenters. The van der Waals surface area contributed by atoms with E-state index in [1.54, 1.807) is 25.7 Å². The molecule has 3 aromatic carbocycles. The van der Waals surface area contributed by atoms with Gasteiger partial charge in [0.05, 0.1) is 42.9 Å². The molecule has 0 aliphatic rings. The number of ether oxygens (including phenoxy) is 3. The van der Waals surface area contributed by atoms with Gasteiger partial charge in [0.2, 0.25) is 5.91 Å². The van der Waals surface area contributed by atoms with Crippen LogP contribution < -0.4 is 10.1 Å².